The maximum Gasteiger partial charge on any atom is 0.305 e. The third kappa shape index (κ3) is 55.4. The van der Waals surface area contributed by atoms with Crippen molar-refractivity contribution in [1.82, 2.24) is 5.32 Å². The van der Waals surface area contributed by atoms with Gasteiger partial charge in [-0.25, -0.2) is 0 Å². The lowest BCUT2D eigenvalue weighted by atomic mass is 10.0. The summed E-state index contributed by atoms with van der Waals surface area (Å²) in [5.41, 5.74) is 0. The van der Waals surface area contributed by atoms with Crippen LogP contribution in [0, 0.1) is 0 Å². The van der Waals surface area contributed by atoms with Crippen molar-refractivity contribution in [3.05, 3.63) is 36.5 Å². The molecule has 3 N–H and O–H groups in total. The number of ether oxygens (including phenoxy) is 1. The number of carbonyl (C=O) groups is 2. The predicted molar refractivity (Wildman–Crippen MR) is 306 cm³/mol. The Bertz CT molecular complexity index is 1130. The van der Waals surface area contributed by atoms with Crippen molar-refractivity contribution < 1.29 is 24.5 Å². The number of aliphatic hydroxyl groups excluding tert-OH is 2. The second kappa shape index (κ2) is 59.6. The normalized spacial score (nSPS) is 12.8. The Hall–Kier alpha value is -1.92. The summed E-state index contributed by atoms with van der Waals surface area (Å²) in [6.07, 6.45) is 74.3. The van der Waals surface area contributed by atoms with Crippen LogP contribution >= 0.6 is 0 Å². The summed E-state index contributed by atoms with van der Waals surface area (Å²) in [5, 5.41) is 23.3. The van der Waals surface area contributed by atoms with Gasteiger partial charge in [-0.15, -0.1) is 0 Å². The first-order chi connectivity index (χ1) is 34.5. The number of rotatable bonds is 58. The summed E-state index contributed by atoms with van der Waals surface area (Å²) in [6, 6.07) is -0.552. The van der Waals surface area contributed by atoms with Gasteiger partial charge in [0.1, 0.15) is 0 Å². The molecule has 0 aromatic heterocycles. The zero-order chi connectivity index (χ0) is 50.7. The van der Waals surface area contributed by atoms with Crippen molar-refractivity contribution in [3.63, 3.8) is 0 Å². The molecule has 0 spiro atoms. The molecule has 70 heavy (non-hydrogen) atoms. The molecule has 0 fully saturated rings. The van der Waals surface area contributed by atoms with Crippen LogP contribution in [0.4, 0.5) is 0 Å². The highest BCUT2D eigenvalue weighted by molar-refractivity contribution is 5.76. The second-order valence-corrected chi connectivity index (χ2v) is 21.4. The largest absolute Gasteiger partial charge is 0.466 e. The average molecular weight is 985 g/mol. The lowest BCUT2D eigenvalue weighted by Gasteiger charge is -2.22. The Morgan fingerprint density at radius 3 is 1.13 bits per heavy atom. The summed E-state index contributed by atoms with van der Waals surface area (Å²) in [5.74, 6) is -0.0541. The van der Waals surface area contributed by atoms with Crippen LogP contribution in [0.25, 0.3) is 0 Å². The molecular weight excluding hydrogens is 863 g/mol. The molecule has 0 radical (unpaired) electrons. The van der Waals surface area contributed by atoms with Gasteiger partial charge in [-0.05, 0) is 83.5 Å². The van der Waals surface area contributed by atoms with Gasteiger partial charge in [-0.1, -0.05) is 275 Å². The first kappa shape index (κ1) is 68.1. The van der Waals surface area contributed by atoms with E-state index in [1.165, 1.54) is 238 Å². The summed E-state index contributed by atoms with van der Waals surface area (Å²) in [7, 11) is 0. The van der Waals surface area contributed by atoms with Crippen LogP contribution in [0.1, 0.15) is 335 Å². The molecule has 2 unspecified atom stereocenters. The molecule has 0 rings (SSSR count). The maximum absolute atomic E-state index is 12.5. The van der Waals surface area contributed by atoms with E-state index in [-0.39, 0.29) is 18.5 Å². The monoisotopic (exact) mass is 984 g/mol. The van der Waals surface area contributed by atoms with Crippen LogP contribution in [0.15, 0.2) is 36.5 Å². The van der Waals surface area contributed by atoms with E-state index in [0.29, 0.717) is 25.9 Å². The minimum atomic E-state index is -0.674. The van der Waals surface area contributed by atoms with Gasteiger partial charge in [0.05, 0.1) is 25.4 Å². The number of aliphatic hydroxyl groups is 2. The number of hydrogen-bond donors (Lipinski definition) is 3. The van der Waals surface area contributed by atoms with Crippen molar-refractivity contribution in [3.8, 4) is 0 Å². The van der Waals surface area contributed by atoms with Crippen LogP contribution in [0.3, 0.4) is 0 Å². The van der Waals surface area contributed by atoms with Crippen LogP contribution in [-0.2, 0) is 14.3 Å². The second-order valence-electron chi connectivity index (χ2n) is 21.4. The molecule has 0 aliphatic heterocycles. The third-order valence-corrected chi connectivity index (χ3v) is 14.4. The zero-order valence-electron chi connectivity index (χ0n) is 47.0. The molecular formula is C64H121NO5. The van der Waals surface area contributed by atoms with Gasteiger partial charge in [0.15, 0.2) is 0 Å². The van der Waals surface area contributed by atoms with E-state index in [4.69, 9.17) is 4.74 Å². The van der Waals surface area contributed by atoms with Crippen molar-refractivity contribution >= 4 is 11.9 Å². The van der Waals surface area contributed by atoms with E-state index >= 15 is 0 Å². The fourth-order valence-electron chi connectivity index (χ4n) is 9.61. The van der Waals surface area contributed by atoms with E-state index in [9.17, 15) is 19.8 Å². The van der Waals surface area contributed by atoms with Crippen molar-refractivity contribution in [1.29, 1.82) is 0 Å². The molecule has 0 heterocycles. The molecule has 2 atom stereocenters. The number of nitrogens with one attached hydrogen (secondary N) is 1. The molecule has 0 saturated carbocycles. The zero-order valence-corrected chi connectivity index (χ0v) is 47.0. The minimum Gasteiger partial charge on any atom is -0.466 e. The Morgan fingerprint density at radius 2 is 0.714 bits per heavy atom. The van der Waals surface area contributed by atoms with Gasteiger partial charge in [0, 0.05) is 12.8 Å². The molecule has 0 aromatic rings. The summed E-state index contributed by atoms with van der Waals surface area (Å²) >= 11 is 0. The fourth-order valence-corrected chi connectivity index (χ4v) is 9.61. The fraction of sp³-hybridized carbons (Fsp3) is 0.875. The Morgan fingerprint density at radius 1 is 0.400 bits per heavy atom. The highest BCUT2D eigenvalue weighted by Gasteiger charge is 2.20. The van der Waals surface area contributed by atoms with Gasteiger partial charge in [-0.2, -0.15) is 0 Å². The van der Waals surface area contributed by atoms with Gasteiger partial charge in [0.25, 0.3) is 0 Å². The summed E-state index contributed by atoms with van der Waals surface area (Å²) in [4.78, 5) is 24.6. The number of esters is 1. The van der Waals surface area contributed by atoms with Crippen LogP contribution in [0.5, 0.6) is 0 Å². The molecule has 1 amide bonds. The number of amides is 1. The van der Waals surface area contributed by atoms with Crippen molar-refractivity contribution in [2.75, 3.05) is 13.2 Å². The lowest BCUT2D eigenvalue weighted by molar-refractivity contribution is -0.143. The molecule has 0 bridgehead atoms. The maximum atomic E-state index is 12.5. The molecule has 412 valence electrons. The number of hydrogen-bond acceptors (Lipinski definition) is 5. The van der Waals surface area contributed by atoms with Crippen molar-refractivity contribution in [2.45, 2.75) is 347 Å². The smallest absolute Gasteiger partial charge is 0.305 e. The summed E-state index contributed by atoms with van der Waals surface area (Å²) in [6.45, 7) is 4.92. The standard InChI is InChI=1S/C64H121NO5/c1-3-5-7-9-11-13-15-17-19-21-22-25-28-32-36-40-44-48-52-56-62(67)61(60-66)65-63(68)57-53-49-45-41-37-33-29-26-23-27-31-35-39-43-47-51-55-59-70-64(69)58-54-50-46-42-38-34-30-24-20-18-16-14-12-10-8-6-4-2/h12,14,18,20,23,27,61-62,66-67H,3-11,13,15-17,19,21-22,24-26,28-60H2,1-2H3,(H,65,68)/b14-12-,20-18-,27-23-. The lowest BCUT2D eigenvalue weighted by Crippen LogP contribution is -2.45. The molecule has 6 heteroatoms. The minimum absolute atomic E-state index is 0.00918. The van der Waals surface area contributed by atoms with E-state index in [0.717, 1.165) is 64.2 Å². The van der Waals surface area contributed by atoms with E-state index in [1.54, 1.807) is 0 Å². The Balaban J connectivity index is 3.45. The van der Waals surface area contributed by atoms with Crippen molar-refractivity contribution in [2.24, 2.45) is 0 Å². The van der Waals surface area contributed by atoms with Crippen LogP contribution in [0.2, 0.25) is 0 Å². The molecule has 6 nitrogen and oxygen atoms in total. The Kier molecular flexibility index (Phi) is 58.0. The van der Waals surface area contributed by atoms with Gasteiger partial charge >= 0.3 is 5.97 Å². The van der Waals surface area contributed by atoms with Gasteiger partial charge in [0.2, 0.25) is 5.91 Å². The topological polar surface area (TPSA) is 95.9 Å². The third-order valence-electron chi connectivity index (χ3n) is 14.4. The molecule has 0 aliphatic rings. The van der Waals surface area contributed by atoms with E-state index in [1.807, 2.05) is 0 Å². The first-order valence-corrected chi connectivity index (χ1v) is 31.2. The van der Waals surface area contributed by atoms with E-state index < -0.39 is 12.1 Å². The average Bonchev–Trinajstić information content (AvgIpc) is 3.36. The van der Waals surface area contributed by atoms with Gasteiger partial charge in [-0.3, -0.25) is 9.59 Å². The van der Waals surface area contributed by atoms with Crippen LogP contribution < -0.4 is 5.32 Å². The van der Waals surface area contributed by atoms with E-state index in [2.05, 4.69) is 55.6 Å². The quantitative estimate of drug-likeness (QED) is 0.0321. The highest BCUT2D eigenvalue weighted by Crippen LogP contribution is 2.17. The number of carbonyl (C=O) groups excluding carboxylic acids is 2. The first-order valence-electron chi connectivity index (χ1n) is 31.2. The number of allylic oxidation sites excluding steroid dienone is 6. The Labute approximate surface area is 436 Å². The molecule has 0 aromatic carbocycles. The van der Waals surface area contributed by atoms with Gasteiger partial charge < -0.3 is 20.3 Å². The highest BCUT2D eigenvalue weighted by atomic mass is 16.5. The summed E-state index contributed by atoms with van der Waals surface area (Å²) < 4.78 is 5.48. The SMILES string of the molecule is CCCCC/C=C\C/C=C\CCCCCCCCCC(=O)OCCCCCCCC/C=C\CCCCCCCCCC(=O)NC(CO)C(O)CCCCCCCCCCCCCCCCCCCCC. The molecule has 0 saturated heterocycles. The van der Waals surface area contributed by atoms with Crippen LogP contribution in [-0.4, -0.2) is 47.4 Å². The predicted octanol–water partition coefficient (Wildman–Crippen LogP) is 19.6. The molecule has 0 aliphatic carbocycles. The number of unbranched alkanes of at least 4 members (excludes halogenated alkanes) is 41.